The van der Waals surface area contributed by atoms with Crippen LogP contribution in [0.5, 0.6) is 0 Å². The molecule has 0 spiro atoms. The third kappa shape index (κ3) is 3.04. The molecule has 3 aromatic rings. The molecule has 0 fully saturated rings. The van der Waals surface area contributed by atoms with E-state index in [9.17, 15) is 17.6 Å². The van der Waals surface area contributed by atoms with Gasteiger partial charge in [0.1, 0.15) is 21.7 Å². The van der Waals surface area contributed by atoms with Gasteiger partial charge in [-0.05, 0) is 24.3 Å². The second-order valence-corrected chi connectivity index (χ2v) is 6.61. The Morgan fingerprint density at radius 3 is 2.65 bits per heavy atom. The topological polar surface area (TPSA) is 101 Å². The molecule has 0 radical (unpaired) electrons. The largest absolute Gasteiger partial charge is 0.273 e. The average molecular weight is 352 g/mol. The number of rotatable bonds is 4. The van der Waals surface area contributed by atoms with Crippen LogP contribution < -0.4 is 10.3 Å². The number of nitrogens with one attached hydrogen (secondary N) is 2. The van der Waals surface area contributed by atoms with Crippen molar-refractivity contribution in [1.82, 2.24) is 19.0 Å². The SMILES string of the molecule is O=C(NNS(=O)(=O)c1cccc2nsnc12)c1ccccc1F. The van der Waals surface area contributed by atoms with Gasteiger partial charge in [0.25, 0.3) is 15.9 Å². The number of nitrogens with zero attached hydrogens (tertiary/aromatic N) is 2. The van der Waals surface area contributed by atoms with Crippen molar-refractivity contribution in [2.45, 2.75) is 4.90 Å². The predicted molar refractivity (Wildman–Crippen MR) is 81.6 cm³/mol. The first-order valence-corrected chi connectivity index (χ1v) is 8.48. The van der Waals surface area contributed by atoms with E-state index in [1.54, 1.807) is 6.07 Å². The lowest BCUT2D eigenvalue weighted by atomic mass is 10.2. The highest BCUT2D eigenvalue weighted by Crippen LogP contribution is 2.20. The molecule has 1 amide bonds. The third-order valence-corrected chi connectivity index (χ3v) is 4.78. The van der Waals surface area contributed by atoms with Gasteiger partial charge in [-0.1, -0.05) is 18.2 Å². The first kappa shape index (κ1) is 15.5. The van der Waals surface area contributed by atoms with Crippen LogP contribution in [-0.2, 0) is 10.0 Å². The normalized spacial score (nSPS) is 11.5. The smallest absolute Gasteiger partial charge is 0.269 e. The molecular formula is C13H9FN4O3S2. The minimum absolute atomic E-state index is 0.127. The van der Waals surface area contributed by atoms with Crippen LogP contribution in [0.4, 0.5) is 4.39 Å². The minimum atomic E-state index is -4.07. The quantitative estimate of drug-likeness (QED) is 0.692. The molecule has 0 aliphatic carbocycles. The van der Waals surface area contributed by atoms with Gasteiger partial charge in [0.05, 0.1) is 17.3 Å². The molecule has 0 saturated carbocycles. The van der Waals surface area contributed by atoms with E-state index < -0.39 is 21.7 Å². The Labute approximate surface area is 134 Å². The molecule has 2 aromatic carbocycles. The summed E-state index contributed by atoms with van der Waals surface area (Å²) in [7, 11) is -4.07. The number of fused-ring (bicyclic) bond motifs is 1. The number of sulfonamides is 1. The lowest BCUT2D eigenvalue weighted by molar-refractivity contribution is 0.0941. The number of hydrazine groups is 1. The van der Waals surface area contributed by atoms with Crippen molar-refractivity contribution in [3.05, 3.63) is 53.8 Å². The molecule has 23 heavy (non-hydrogen) atoms. The number of aromatic nitrogens is 2. The molecule has 0 aliphatic heterocycles. The Kier molecular flexibility index (Phi) is 4.03. The van der Waals surface area contributed by atoms with Crippen molar-refractivity contribution >= 4 is 38.7 Å². The second kappa shape index (κ2) is 5.99. The van der Waals surface area contributed by atoms with Crippen LogP contribution in [0.3, 0.4) is 0 Å². The van der Waals surface area contributed by atoms with Crippen LogP contribution in [0.2, 0.25) is 0 Å². The van der Waals surface area contributed by atoms with Crippen molar-refractivity contribution < 1.29 is 17.6 Å². The van der Waals surface area contributed by atoms with Gasteiger partial charge in [-0.3, -0.25) is 10.2 Å². The summed E-state index contributed by atoms with van der Waals surface area (Å²) >= 11 is 0.877. The highest BCUT2D eigenvalue weighted by Gasteiger charge is 2.21. The van der Waals surface area contributed by atoms with Crippen LogP contribution in [0.15, 0.2) is 47.4 Å². The summed E-state index contributed by atoms with van der Waals surface area (Å²) < 4.78 is 45.9. The fourth-order valence-electron chi connectivity index (χ4n) is 1.88. The zero-order valence-electron chi connectivity index (χ0n) is 11.4. The summed E-state index contributed by atoms with van der Waals surface area (Å²) in [6.45, 7) is 0. The number of carbonyl (C=O) groups is 1. The van der Waals surface area contributed by atoms with E-state index >= 15 is 0 Å². The van der Waals surface area contributed by atoms with Crippen LogP contribution in [-0.4, -0.2) is 23.1 Å². The number of carbonyl (C=O) groups excluding carboxylic acids is 1. The van der Waals surface area contributed by atoms with Crippen LogP contribution in [0, 0.1) is 5.82 Å². The van der Waals surface area contributed by atoms with Gasteiger partial charge in [-0.2, -0.15) is 8.75 Å². The minimum Gasteiger partial charge on any atom is -0.273 e. The zero-order valence-corrected chi connectivity index (χ0v) is 13.0. The Morgan fingerprint density at radius 2 is 1.87 bits per heavy atom. The molecule has 1 aromatic heterocycles. The van der Waals surface area contributed by atoms with Gasteiger partial charge >= 0.3 is 0 Å². The molecular weight excluding hydrogens is 343 g/mol. The maximum atomic E-state index is 13.5. The van der Waals surface area contributed by atoms with Crippen molar-refractivity contribution in [2.24, 2.45) is 0 Å². The summed E-state index contributed by atoms with van der Waals surface area (Å²) in [5.74, 6) is -1.66. The molecule has 1 heterocycles. The standard InChI is InChI=1S/C13H9FN4O3S2/c14-9-5-2-1-4-8(9)13(19)15-18-23(20,21)11-7-3-6-10-12(11)17-22-16-10/h1-7,18H,(H,15,19). The van der Waals surface area contributed by atoms with Crippen LogP contribution >= 0.6 is 11.7 Å². The molecule has 7 nitrogen and oxygen atoms in total. The van der Waals surface area contributed by atoms with Gasteiger partial charge in [-0.25, -0.2) is 12.8 Å². The Hall–Kier alpha value is -2.43. The van der Waals surface area contributed by atoms with E-state index in [4.69, 9.17) is 0 Å². The molecule has 0 saturated heterocycles. The molecule has 0 unspecified atom stereocenters. The maximum Gasteiger partial charge on any atom is 0.269 e. The average Bonchev–Trinajstić information content (AvgIpc) is 3.01. The summed E-state index contributed by atoms with van der Waals surface area (Å²) in [4.78, 5) is 13.7. The highest BCUT2D eigenvalue weighted by molar-refractivity contribution is 7.89. The third-order valence-electron chi connectivity index (χ3n) is 2.96. The van der Waals surface area contributed by atoms with Crippen molar-refractivity contribution in [1.29, 1.82) is 0 Å². The Balaban J connectivity index is 1.84. The monoisotopic (exact) mass is 352 g/mol. The van der Waals surface area contributed by atoms with E-state index in [1.807, 2.05) is 10.3 Å². The van der Waals surface area contributed by atoms with Gasteiger partial charge in [0, 0.05) is 0 Å². The van der Waals surface area contributed by atoms with Gasteiger partial charge < -0.3 is 0 Å². The molecule has 0 aliphatic rings. The zero-order chi connectivity index (χ0) is 16.4. The first-order valence-electron chi connectivity index (χ1n) is 6.27. The van der Waals surface area contributed by atoms with Gasteiger partial charge in [0.15, 0.2) is 0 Å². The Bertz CT molecular complexity index is 988. The molecule has 10 heteroatoms. The summed E-state index contributed by atoms with van der Waals surface area (Å²) in [6.07, 6.45) is 0. The fraction of sp³-hybridized carbons (Fsp3) is 0. The summed E-state index contributed by atoms with van der Waals surface area (Å²) in [5, 5.41) is 0. The van der Waals surface area contributed by atoms with Crippen LogP contribution in [0.1, 0.15) is 10.4 Å². The van der Waals surface area contributed by atoms with E-state index in [0.29, 0.717) is 5.52 Å². The second-order valence-electron chi connectivity index (χ2n) is 4.43. The van der Waals surface area contributed by atoms with Gasteiger partial charge in [0.2, 0.25) is 0 Å². The number of amides is 1. The number of hydrogen-bond acceptors (Lipinski definition) is 6. The van der Waals surface area contributed by atoms with E-state index in [0.717, 1.165) is 17.8 Å². The summed E-state index contributed by atoms with van der Waals surface area (Å²) in [6, 6.07) is 9.70. The van der Waals surface area contributed by atoms with Crippen molar-refractivity contribution in [3.63, 3.8) is 0 Å². The molecule has 0 atom stereocenters. The Morgan fingerprint density at radius 1 is 1.09 bits per heavy atom. The van der Waals surface area contributed by atoms with E-state index in [2.05, 4.69) is 8.75 Å². The van der Waals surface area contributed by atoms with Crippen molar-refractivity contribution in [2.75, 3.05) is 0 Å². The summed E-state index contributed by atoms with van der Waals surface area (Å²) in [5.41, 5.74) is 2.33. The lowest BCUT2D eigenvalue weighted by Crippen LogP contribution is -2.41. The first-order chi connectivity index (χ1) is 11.0. The molecule has 0 bridgehead atoms. The maximum absolute atomic E-state index is 13.5. The van der Waals surface area contributed by atoms with E-state index in [-0.39, 0.29) is 16.0 Å². The number of halogens is 1. The lowest BCUT2D eigenvalue weighted by Gasteiger charge is -2.09. The molecule has 3 rings (SSSR count). The molecule has 118 valence electrons. The fourth-order valence-corrected chi connectivity index (χ4v) is 3.49. The van der Waals surface area contributed by atoms with Crippen LogP contribution in [0.25, 0.3) is 11.0 Å². The number of benzene rings is 2. The number of hydrogen-bond donors (Lipinski definition) is 2. The van der Waals surface area contributed by atoms with Gasteiger partial charge in [-0.15, -0.1) is 4.83 Å². The highest BCUT2D eigenvalue weighted by atomic mass is 32.2. The van der Waals surface area contributed by atoms with E-state index in [1.165, 1.54) is 30.3 Å². The predicted octanol–water partition coefficient (Wildman–Crippen LogP) is 1.45. The van der Waals surface area contributed by atoms with Crippen molar-refractivity contribution in [3.8, 4) is 0 Å². The molecule has 2 N–H and O–H groups in total.